The Morgan fingerprint density at radius 2 is 1.44 bits per heavy atom. The summed E-state index contributed by atoms with van der Waals surface area (Å²) in [5.41, 5.74) is 7.13. The molecular formula is C16H25N2+. The molecule has 18 heavy (non-hydrogen) atoms. The minimum Gasteiger partial charge on any atom is -0.333 e. The third-order valence-electron chi connectivity index (χ3n) is 2.36. The van der Waals surface area contributed by atoms with Gasteiger partial charge in [-0.05, 0) is 7.05 Å². The third kappa shape index (κ3) is 5.60. The molecule has 0 amide bonds. The molecule has 1 aromatic heterocycles. The number of nitrogens with zero attached hydrogens (tertiary/aromatic N) is 1. The van der Waals surface area contributed by atoms with Gasteiger partial charge in [-0.1, -0.05) is 50.2 Å². The molecule has 0 saturated heterocycles. The highest BCUT2D eigenvalue weighted by Crippen LogP contribution is 1.98. The van der Waals surface area contributed by atoms with Crippen molar-refractivity contribution in [1.82, 2.24) is 0 Å². The Balaban J connectivity index is 0.000000659. The first-order valence-corrected chi connectivity index (χ1v) is 6.43. The summed E-state index contributed by atoms with van der Waals surface area (Å²) in [5, 5.41) is 0. The van der Waals surface area contributed by atoms with Gasteiger partial charge in [0.05, 0.1) is 0 Å². The minimum absolute atomic E-state index is 0.952. The second kappa shape index (κ2) is 10.5. The van der Waals surface area contributed by atoms with Crippen molar-refractivity contribution in [1.29, 1.82) is 0 Å². The molecule has 2 rings (SSSR count). The first kappa shape index (κ1) is 16.3. The van der Waals surface area contributed by atoms with Gasteiger partial charge in [-0.3, -0.25) is 0 Å². The van der Waals surface area contributed by atoms with Crippen LogP contribution in [0.4, 0.5) is 0 Å². The Labute approximate surface area is 111 Å². The summed E-state index contributed by atoms with van der Waals surface area (Å²) < 4.78 is 2.25. The van der Waals surface area contributed by atoms with Crippen LogP contribution in [0.15, 0.2) is 54.7 Å². The van der Waals surface area contributed by atoms with Crippen LogP contribution in [0.3, 0.4) is 0 Å². The van der Waals surface area contributed by atoms with Gasteiger partial charge in [0, 0.05) is 24.6 Å². The summed E-state index contributed by atoms with van der Waals surface area (Å²) in [7, 11) is 1.50. The molecule has 0 unspecified atom stereocenters. The fourth-order valence-corrected chi connectivity index (χ4v) is 1.52. The second-order valence-corrected chi connectivity index (χ2v) is 3.46. The largest absolute Gasteiger partial charge is 0.333 e. The molecule has 0 fully saturated rings. The second-order valence-electron chi connectivity index (χ2n) is 3.46. The van der Waals surface area contributed by atoms with E-state index in [1.807, 2.05) is 19.9 Å². The Hall–Kier alpha value is -1.67. The van der Waals surface area contributed by atoms with E-state index < -0.39 is 0 Å². The van der Waals surface area contributed by atoms with Crippen LogP contribution in [0, 0.1) is 6.92 Å². The molecule has 2 nitrogen and oxygen atoms in total. The fraction of sp³-hybridized carbons (Fsp3) is 0.312. The van der Waals surface area contributed by atoms with E-state index in [-0.39, 0.29) is 0 Å². The molecule has 2 aromatic rings. The zero-order valence-electron chi connectivity index (χ0n) is 11.9. The first-order valence-electron chi connectivity index (χ1n) is 6.43. The number of nitrogens with two attached hydrogens (primary N) is 1. The predicted octanol–water partition coefficient (Wildman–Crippen LogP) is 2.93. The minimum atomic E-state index is 0.952. The number of hydrogen-bond donors (Lipinski definition) is 1. The molecule has 0 radical (unpaired) electrons. The SMILES string of the molecule is CC.CN.Cc1cccc[n+]1Cc1ccccc1. The average Bonchev–Trinajstić information content (AvgIpc) is 2.47. The molecule has 0 bridgehead atoms. The van der Waals surface area contributed by atoms with Gasteiger partial charge >= 0.3 is 0 Å². The van der Waals surface area contributed by atoms with Gasteiger partial charge in [0.15, 0.2) is 18.4 Å². The van der Waals surface area contributed by atoms with Gasteiger partial charge in [-0.2, -0.15) is 4.57 Å². The first-order chi connectivity index (χ1) is 8.86. The van der Waals surface area contributed by atoms with Crippen LogP contribution < -0.4 is 10.3 Å². The molecule has 0 saturated carbocycles. The number of rotatable bonds is 2. The van der Waals surface area contributed by atoms with Crippen LogP contribution in [-0.2, 0) is 6.54 Å². The zero-order valence-corrected chi connectivity index (χ0v) is 11.9. The number of aryl methyl sites for hydroxylation is 1. The van der Waals surface area contributed by atoms with Crippen molar-refractivity contribution < 1.29 is 4.57 Å². The summed E-state index contributed by atoms with van der Waals surface area (Å²) in [4.78, 5) is 0. The van der Waals surface area contributed by atoms with E-state index in [0.717, 1.165) is 6.54 Å². The maximum atomic E-state index is 4.50. The molecule has 1 aromatic carbocycles. The van der Waals surface area contributed by atoms with Gasteiger partial charge in [0.25, 0.3) is 0 Å². The quantitative estimate of drug-likeness (QED) is 0.810. The lowest BCUT2D eigenvalue weighted by Crippen LogP contribution is -2.36. The summed E-state index contributed by atoms with van der Waals surface area (Å²) >= 11 is 0. The van der Waals surface area contributed by atoms with E-state index in [0.29, 0.717) is 0 Å². The maximum Gasteiger partial charge on any atom is 0.178 e. The lowest BCUT2D eigenvalue weighted by atomic mass is 10.2. The monoisotopic (exact) mass is 245 g/mol. The van der Waals surface area contributed by atoms with Crippen LogP contribution in [0.2, 0.25) is 0 Å². The van der Waals surface area contributed by atoms with Crippen LogP contribution in [-0.4, -0.2) is 7.05 Å². The third-order valence-corrected chi connectivity index (χ3v) is 2.36. The Kier molecular flexibility index (Phi) is 9.51. The molecule has 0 aliphatic carbocycles. The summed E-state index contributed by atoms with van der Waals surface area (Å²) in [6, 6.07) is 16.8. The molecule has 2 N–H and O–H groups in total. The Morgan fingerprint density at radius 3 is 2.00 bits per heavy atom. The summed E-state index contributed by atoms with van der Waals surface area (Å²) in [6.45, 7) is 7.08. The molecule has 2 heteroatoms. The van der Waals surface area contributed by atoms with Gasteiger partial charge in [-0.25, -0.2) is 0 Å². The highest BCUT2D eigenvalue weighted by atomic mass is 14.9. The van der Waals surface area contributed by atoms with Crippen LogP contribution in [0.5, 0.6) is 0 Å². The van der Waals surface area contributed by atoms with Crippen molar-refractivity contribution in [3.8, 4) is 0 Å². The molecule has 1 heterocycles. The molecule has 0 aliphatic rings. The van der Waals surface area contributed by atoms with Crippen molar-refractivity contribution in [2.45, 2.75) is 27.3 Å². The van der Waals surface area contributed by atoms with E-state index in [1.54, 1.807) is 0 Å². The molecule has 0 atom stereocenters. The van der Waals surface area contributed by atoms with Gasteiger partial charge in [-0.15, -0.1) is 0 Å². The molecule has 0 aliphatic heterocycles. The van der Waals surface area contributed by atoms with Gasteiger partial charge in [0.2, 0.25) is 0 Å². The number of hydrogen-bond acceptors (Lipinski definition) is 1. The fourth-order valence-electron chi connectivity index (χ4n) is 1.52. The van der Waals surface area contributed by atoms with E-state index in [9.17, 15) is 0 Å². The molecule has 98 valence electrons. The van der Waals surface area contributed by atoms with Crippen molar-refractivity contribution in [2.75, 3.05) is 7.05 Å². The zero-order chi connectivity index (χ0) is 13.8. The summed E-state index contributed by atoms with van der Waals surface area (Å²) in [5.74, 6) is 0. The van der Waals surface area contributed by atoms with Crippen LogP contribution in [0.1, 0.15) is 25.1 Å². The lowest BCUT2D eigenvalue weighted by molar-refractivity contribution is -0.694. The topological polar surface area (TPSA) is 29.9 Å². The van der Waals surface area contributed by atoms with E-state index in [1.165, 1.54) is 18.3 Å². The van der Waals surface area contributed by atoms with Crippen LogP contribution >= 0.6 is 0 Å². The van der Waals surface area contributed by atoms with Crippen LogP contribution in [0.25, 0.3) is 0 Å². The van der Waals surface area contributed by atoms with Crippen molar-refractivity contribution in [3.63, 3.8) is 0 Å². The maximum absolute atomic E-state index is 4.50. The Morgan fingerprint density at radius 1 is 0.889 bits per heavy atom. The van der Waals surface area contributed by atoms with Crippen molar-refractivity contribution in [2.24, 2.45) is 5.73 Å². The van der Waals surface area contributed by atoms with Crippen molar-refractivity contribution in [3.05, 3.63) is 66.0 Å². The van der Waals surface area contributed by atoms with E-state index in [4.69, 9.17) is 0 Å². The van der Waals surface area contributed by atoms with E-state index in [2.05, 4.69) is 65.9 Å². The normalized spacial score (nSPS) is 8.50. The highest BCUT2D eigenvalue weighted by molar-refractivity contribution is 5.13. The van der Waals surface area contributed by atoms with Crippen molar-refractivity contribution >= 4 is 0 Å². The van der Waals surface area contributed by atoms with Gasteiger partial charge < -0.3 is 5.73 Å². The Bertz CT molecular complexity index is 410. The highest BCUT2D eigenvalue weighted by Gasteiger charge is 2.04. The standard InChI is InChI=1S/C13H14N.C2H6.CH5N/c1-12-7-5-6-10-14(12)11-13-8-3-2-4-9-13;2*1-2/h2-10H,11H2,1H3;1-2H3;2H2,1H3/q+1;;. The lowest BCUT2D eigenvalue weighted by Gasteiger charge is -1.99. The number of aromatic nitrogens is 1. The van der Waals surface area contributed by atoms with Gasteiger partial charge in [0.1, 0.15) is 0 Å². The predicted molar refractivity (Wildman–Crippen MR) is 78.4 cm³/mol. The number of pyridine rings is 1. The summed E-state index contributed by atoms with van der Waals surface area (Å²) in [6.07, 6.45) is 2.11. The average molecular weight is 245 g/mol. The molecule has 0 spiro atoms. The molecular weight excluding hydrogens is 220 g/mol. The number of benzene rings is 1. The van der Waals surface area contributed by atoms with E-state index >= 15 is 0 Å². The smallest absolute Gasteiger partial charge is 0.178 e.